The molecular weight excluding hydrogens is 798 g/mol. The normalized spacial score (nSPS) is 17.5. The number of ether oxygens (including phenoxy) is 2. The van der Waals surface area contributed by atoms with Gasteiger partial charge in [0.2, 0.25) is 17.7 Å². The number of methoxy groups -OCH3 is 1. The van der Waals surface area contributed by atoms with Gasteiger partial charge in [-0.1, -0.05) is 6.07 Å². The molecule has 2 aliphatic heterocycles. The third kappa shape index (κ3) is 9.17. The number of imide groups is 2. The molecule has 5 N–H and O–H groups in total. The topological polar surface area (TPSA) is 198 Å². The standard InChI is InChI=1S/C43H47F3N8O7/c1-23(25-16-26(43(44,45)46)18-27(47)17-25)49-38-29-19-34(33(60-4)20-31(29)50-24(2)51-38)61-22-42(13-14-42)21-53(3)36(56)10-5-6-15-48-30-9-7-8-28-37(30)41(59)54(40(28)58)32-11-12-35(55)52-39(32)57/h7-9,16-20,23,32,48H,5-6,10-15,21-22,47H2,1-4H3,(H,49,50,51)(H,52,55,57). The van der Waals surface area contributed by atoms with Crippen molar-refractivity contribution in [3.8, 4) is 11.5 Å². The van der Waals surface area contributed by atoms with Gasteiger partial charge in [-0.05, 0) is 87.9 Å². The van der Waals surface area contributed by atoms with Crippen molar-refractivity contribution in [2.45, 2.75) is 77.1 Å². The van der Waals surface area contributed by atoms with Gasteiger partial charge in [-0.2, -0.15) is 13.2 Å². The highest BCUT2D eigenvalue weighted by molar-refractivity contribution is 6.25. The summed E-state index contributed by atoms with van der Waals surface area (Å²) in [6.07, 6.45) is -1.30. The van der Waals surface area contributed by atoms with Gasteiger partial charge in [-0.25, -0.2) is 9.97 Å². The molecule has 1 saturated carbocycles. The number of nitrogens with one attached hydrogen (secondary N) is 3. The largest absolute Gasteiger partial charge is 0.493 e. The van der Waals surface area contributed by atoms with Crippen LogP contribution in [0.5, 0.6) is 11.5 Å². The number of halogens is 3. The molecule has 18 heteroatoms. The average molecular weight is 845 g/mol. The van der Waals surface area contributed by atoms with E-state index >= 15 is 0 Å². The Morgan fingerprint density at radius 2 is 1.84 bits per heavy atom. The minimum absolute atomic E-state index is 0.00760. The van der Waals surface area contributed by atoms with Crippen molar-refractivity contribution >= 4 is 57.6 Å². The fourth-order valence-corrected chi connectivity index (χ4v) is 7.84. The lowest BCUT2D eigenvalue weighted by atomic mass is 10.0. The number of unbranched alkanes of at least 4 members (excludes halogenated alkanes) is 1. The molecule has 0 radical (unpaired) electrons. The van der Waals surface area contributed by atoms with Crippen molar-refractivity contribution in [2.75, 3.05) is 50.2 Å². The Morgan fingerprint density at radius 1 is 1.07 bits per heavy atom. The zero-order chi connectivity index (χ0) is 43.8. The predicted molar refractivity (Wildman–Crippen MR) is 219 cm³/mol. The summed E-state index contributed by atoms with van der Waals surface area (Å²) >= 11 is 0. The van der Waals surface area contributed by atoms with E-state index < -0.39 is 47.5 Å². The van der Waals surface area contributed by atoms with Crippen LogP contribution in [-0.2, 0) is 20.6 Å². The first-order chi connectivity index (χ1) is 29.0. The first kappa shape index (κ1) is 42.7. The Hall–Kier alpha value is -6.46. The number of amides is 5. The summed E-state index contributed by atoms with van der Waals surface area (Å²) in [5.74, 6) is -0.618. The van der Waals surface area contributed by atoms with Crippen molar-refractivity contribution in [3.05, 3.63) is 76.6 Å². The number of alkyl halides is 3. The lowest BCUT2D eigenvalue weighted by Gasteiger charge is -2.27. The van der Waals surface area contributed by atoms with Gasteiger partial charge >= 0.3 is 6.18 Å². The van der Waals surface area contributed by atoms with Crippen LogP contribution in [0.25, 0.3) is 10.9 Å². The first-order valence-corrected chi connectivity index (χ1v) is 20.0. The van der Waals surface area contributed by atoms with Crippen molar-refractivity contribution in [3.63, 3.8) is 0 Å². The van der Waals surface area contributed by atoms with Crippen molar-refractivity contribution in [1.82, 2.24) is 25.1 Å². The van der Waals surface area contributed by atoms with E-state index in [2.05, 4.69) is 25.9 Å². The van der Waals surface area contributed by atoms with Crippen LogP contribution in [0.3, 0.4) is 0 Å². The van der Waals surface area contributed by atoms with Crippen LogP contribution < -0.4 is 31.2 Å². The maximum absolute atomic E-state index is 13.5. The maximum atomic E-state index is 13.5. The molecule has 2 unspecified atom stereocenters. The maximum Gasteiger partial charge on any atom is 0.416 e. The van der Waals surface area contributed by atoms with E-state index in [4.69, 9.17) is 15.2 Å². The molecule has 5 amide bonds. The Bertz CT molecular complexity index is 2420. The number of piperidine rings is 1. The Kier molecular flexibility index (Phi) is 11.8. The molecule has 4 aromatic rings. The van der Waals surface area contributed by atoms with Crippen LogP contribution in [0.4, 0.5) is 30.4 Å². The molecule has 7 rings (SSSR count). The van der Waals surface area contributed by atoms with Gasteiger partial charge in [0.1, 0.15) is 17.7 Å². The van der Waals surface area contributed by atoms with E-state index in [1.54, 1.807) is 50.1 Å². The van der Waals surface area contributed by atoms with Gasteiger partial charge in [-0.15, -0.1) is 0 Å². The fraction of sp³-hybridized carbons (Fsp3) is 0.419. The molecule has 2 fully saturated rings. The number of nitrogens with zero attached hydrogens (tertiary/aromatic N) is 4. The summed E-state index contributed by atoms with van der Waals surface area (Å²) in [5.41, 5.74) is 6.42. The molecule has 3 aliphatic rings. The van der Waals surface area contributed by atoms with Crippen LogP contribution >= 0.6 is 0 Å². The highest BCUT2D eigenvalue weighted by Crippen LogP contribution is 2.47. The second kappa shape index (κ2) is 16.9. The number of rotatable bonds is 16. The molecule has 322 valence electrons. The minimum atomic E-state index is -4.56. The van der Waals surface area contributed by atoms with Crippen LogP contribution in [0.15, 0.2) is 48.5 Å². The number of nitrogens with two attached hydrogens (primary N) is 1. The molecule has 0 bridgehead atoms. The van der Waals surface area contributed by atoms with Crippen molar-refractivity contribution in [1.29, 1.82) is 0 Å². The van der Waals surface area contributed by atoms with Gasteiger partial charge in [0.05, 0.1) is 42.0 Å². The van der Waals surface area contributed by atoms with Gasteiger partial charge in [0, 0.05) is 61.2 Å². The Morgan fingerprint density at radius 3 is 2.54 bits per heavy atom. The highest BCUT2D eigenvalue weighted by Gasteiger charge is 2.46. The number of anilines is 3. The number of nitrogen functional groups attached to an aromatic ring is 1. The van der Waals surface area contributed by atoms with Crippen molar-refractivity contribution in [2.24, 2.45) is 5.41 Å². The lowest BCUT2D eigenvalue weighted by Crippen LogP contribution is -2.54. The third-order valence-corrected chi connectivity index (χ3v) is 11.3. The van der Waals surface area contributed by atoms with Crippen LogP contribution in [0.1, 0.15) is 95.6 Å². The summed E-state index contributed by atoms with van der Waals surface area (Å²) in [7, 11) is 3.28. The van der Waals surface area contributed by atoms with Gasteiger partial charge < -0.3 is 30.7 Å². The van der Waals surface area contributed by atoms with Crippen molar-refractivity contribution < 1.29 is 46.6 Å². The minimum Gasteiger partial charge on any atom is -0.493 e. The summed E-state index contributed by atoms with van der Waals surface area (Å²) < 4.78 is 52.7. The monoisotopic (exact) mass is 844 g/mol. The van der Waals surface area contributed by atoms with Gasteiger partial charge in [0.15, 0.2) is 11.5 Å². The summed E-state index contributed by atoms with van der Waals surface area (Å²) in [4.78, 5) is 75.6. The number of hydrogen-bond acceptors (Lipinski definition) is 12. The summed E-state index contributed by atoms with van der Waals surface area (Å²) in [6.45, 7) is 4.64. The van der Waals surface area contributed by atoms with Crippen LogP contribution in [0, 0.1) is 12.3 Å². The molecule has 3 heterocycles. The quantitative estimate of drug-likeness (QED) is 0.0582. The van der Waals surface area contributed by atoms with E-state index in [-0.39, 0.29) is 41.0 Å². The van der Waals surface area contributed by atoms with E-state index in [0.29, 0.717) is 84.3 Å². The van der Waals surface area contributed by atoms with Crippen LogP contribution in [-0.4, -0.2) is 89.2 Å². The summed E-state index contributed by atoms with van der Waals surface area (Å²) in [6, 6.07) is 10.1. The third-order valence-electron chi connectivity index (χ3n) is 11.3. The zero-order valence-electron chi connectivity index (χ0n) is 34.2. The SMILES string of the molecule is COc1cc2nc(C)nc(NC(C)c3cc(N)cc(C(F)(F)F)c3)c2cc1OCC1(CN(C)C(=O)CCCCNc2cccc3c2C(=O)N(C2CCC(=O)NC2=O)C3=O)CC1. The first-order valence-electron chi connectivity index (χ1n) is 20.0. The zero-order valence-corrected chi connectivity index (χ0v) is 34.2. The Labute approximate surface area is 349 Å². The smallest absolute Gasteiger partial charge is 0.416 e. The van der Waals surface area contributed by atoms with Gasteiger partial charge in [0.25, 0.3) is 11.8 Å². The highest BCUT2D eigenvalue weighted by atomic mass is 19.4. The molecule has 1 aromatic heterocycles. The molecule has 1 aliphatic carbocycles. The molecular formula is C43H47F3N8O7. The molecule has 15 nitrogen and oxygen atoms in total. The lowest BCUT2D eigenvalue weighted by molar-refractivity contribution is -0.138. The number of aromatic nitrogens is 2. The molecule has 2 atom stereocenters. The predicted octanol–water partition coefficient (Wildman–Crippen LogP) is 6.02. The van der Waals surface area contributed by atoms with E-state index in [0.717, 1.165) is 29.9 Å². The number of carbonyl (C=O) groups is 5. The van der Waals surface area contributed by atoms with E-state index in [1.165, 1.54) is 19.2 Å². The van der Waals surface area contributed by atoms with Crippen LogP contribution in [0.2, 0.25) is 0 Å². The summed E-state index contributed by atoms with van der Waals surface area (Å²) in [5, 5.41) is 9.22. The average Bonchev–Trinajstić information content (AvgIpc) is 3.92. The van der Waals surface area contributed by atoms with Gasteiger partial charge in [-0.3, -0.25) is 34.2 Å². The number of carbonyl (C=O) groups excluding carboxylic acids is 5. The van der Waals surface area contributed by atoms with E-state index in [1.807, 2.05) is 0 Å². The second-order valence-electron chi connectivity index (χ2n) is 16.0. The molecule has 3 aromatic carbocycles. The number of benzene rings is 3. The fourth-order valence-electron chi connectivity index (χ4n) is 7.84. The Balaban J connectivity index is 0.929. The van der Waals surface area contributed by atoms with E-state index in [9.17, 15) is 37.1 Å². The molecule has 1 saturated heterocycles. The molecule has 61 heavy (non-hydrogen) atoms. The second-order valence-corrected chi connectivity index (χ2v) is 16.0. The number of aryl methyl sites for hydroxylation is 1. The number of fused-ring (bicyclic) bond motifs is 2. The number of hydrogen-bond donors (Lipinski definition) is 4. The molecule has 0 spiro atoms.